The molecule has 0 bridgehead atoms. The zero-order valence-corrected chi connectivity index (χ0v) is 14.8. The van der Waals surface area contributed by atoms with Gasteiger partial charge in [0.25, 0.3) is 0 Å². The van der Waals surface area contributed by atoms with Gasteiger partial charge in [0, 0.05) is 26.1 Å². The van der Waals surface area contributed by atoms with Gasteiger partial charge in [0.05, 0.1) is 12.6 Å². The van der Waals surface area contributed by atoms with Gasteiger partial charge < -0.3 is 14.6 Å². The van der Waals surface area contributed by atoms with Crippen molar-refractivity contribution in [2.24, 2.45) is 13.0 Å². The molecule has 1 N–H and O–H groups in total. The van der Waals surface area contributed by atoms with Crippen LogP contribution >= 0.6 is 0 Å². The van der Waals surface area contributed by atoms with Crippen molar-refractivity contribution in [3.05, 3.63) is 11.6 Å². The highest BCUT2D eigenvalue weighted by molar-refractivity contribution is 5.07. The summed E-state index contributed by atoms with van der Waals surface area (Å²) in [6.45, 7) is 6.76. The highest BCUT2D eigenvalue weighted by Gasteiger charge is 2.29. The van der Waals surface area contributed by atoms with Crippen LogP contribution in [0.3, 0.4) is 0 Å². The maximum absolute atomic E-state index is 10.4. The monoisotopic (exact) mass is 321 g/mol. The maximum Gasteiger partial charge on any atom is 0.146 e. The first kappa shape index (κ1) is 16.9. The van der Waals surface area contributed by atoms with E-state index in [1.54, 1.807) is 0 Å². The van der Waals surface area contributed by atoms with E-state index >= 15 is 0 Å². The Hall–Kier alpha value is -0.980. The molecule has 2 heterocycles. The second-order valence-corrected chi connectivity index (χ2v) is 7.64. The first-order chi connectivity index (χ1) is 11.0. The maximum atomic E-state index is 10.4. The van der Waals surface area contributed by atoms with Crippen molar-refractivity contribution in [2.75, 3.05) is 33.2 Å². The predicted octanol–water partition coefficient (Wildman–Crippen LogP) is 1.22. The number of aliphatic hydroxyl groups is 1. The molecular formula is C17H31N5O. The van der Waals surface area contributed by atoms with Crippen LogP contribution in [-0.2, 0) is 13.6 Å². The van der Waals surface area contributed by atoms with Gasteiger partial charge in [0.2, 0.25) is 0 Å². The molecule has 1 aliphatic heterocycles. The second-order valence-electron chi connectivity index (χ2n) is 7.64. The van der Waals surface area contributed by atoms with Gasteiger partial charge >= 0.3 is 0 Å². The fourth-order valence-corrected chi connectivity index (χ4v) is 3.48. The number of likely N-dealkylation sites (N-methyl/N-ethyl adjacent to an activating group) is 1. The summed E-state index contributed by atoms with van der Waals surface area (Å²) in [5, 5.41) is 19.0. The number of hydrogen-bond donors (Lipinski definition) is 1. The summed E-state index contributed by atoms with van der Waals surface area (Å²) in [7, 11) is 4.11. The van der Waals surface area contributed by atoms with Crippen molar-refractivity contribution in [1.29, 1.82) is 0 Å². The zero-order chi connectivity index (χ0) is 16.4. The summed E-state index contributed by atoms with van der Waals surface area (Å²) in [6, 6.07) is 0. The largest absolute Gasteiger partial charge is 0.390 e. The molecule has 1 aromatic rings. The van der Waals surface area contributed by atoms with E-state index in [9.17, 15) is 5.11 Å². The Morgan fingerprint density at radius 1 is 1.22 bits per heavy atom. The zero-order valence-electron chi connectivity index (χ0n) is 14.8. The lowest BCUT2D eigenvalue weighted by molar-refractivity contribution is 0.0655. The minimum Gasteiger partial charge on any atom is -0.390 e. The van der Waals surface area contributed by atoms with E-state index in [-0.39, 0.29) is 6.10 Å². The first-order valence-corrected chi connectivity index (χ1v) is 9.00. The van der Waals surface area contributed by atoms with E-state index in [0.717, 1.165) is 43.7 Å². The van der Waals surface area contributed by atoms with E-state index in [0.29, 0.717) is 12.5 Å². The molecule has 130 valence electrons. The van der Waals surface area contributed by atoms with E-state index < -0.39 is 0 Å². The van der Waals surface area contributed by atoms with Gasteiger partial charge in [-0.3, -0.25) is 4.90 Å². The van der Waals surface area contributed by atoms with Crippen LogP contribution in [0.5, 0.6) is 0 Å². The molecule has 2 fully saturated rings. The summed E-state index contributed by atoms with van der Waals surface area (Å²) >= 11 is 0. The van der Waals surface area contributed by atoms with E-state index in [1.165, 1.54) is 25.7 Å². The van der Waals surface area contributed by atoms with Crippen molar-refractivity contribution < 1.29 is 5.11 Å². The average molecular weight is 321 g/mol. The summed E-state index contributed by atoms with van der Waals surface area (Å²) in [5.41, 5.74) is 0. The van der Waals surface area contributed by atoms with E-state index in [2.05, 4.69) is 38.5 Å². The number of nitrogens with zero attached hydrogens (tertiary/aromatic N) is 5. The van der Waals surface area contributed by atoms with E-state index in [1.807, 2.05) is 7.05 Å². The van der Waals surface area contributed by atoms with Crippen LogP contribution in [0.4, 0.5) is 0 Å². The molecule has 2 aliphatic rings. The molecule has 0 radical (unpaired) electrons. The van der Waals surface area contributed by atoms with Gasteiger partial charge in [0.15, 0.2) is 0 Å². The number of hydrogen-bond acceptors (Lipinski definition) is 5. The number of rotatable bonds is 7. The van der Waals surface area contributed by atoms with Gasteiger partial charge in [-0.2, -0.15) is 0 Å². The molecule has 1 atom stereocenters. The van der Waals surface area contributed by atoms with Crippen molar-refractivity contribution in [3.8, 4) is 0 Å². The summed E-state index contributed by atoms with van der Waals surface area (Å²) in [6.07, 6.45) is 4.70. The quantitative estimate of drug-likeness (QED) is 0.818. The van der Waals surface area contributed by atoms with Crippen LogP contribution in [0.2, 0.25) is 0 Å². The molecule has 0 spiro atoms. The normalized spacial score (nSPS) is 22.0. The van der Waals surface area contributed by atoms with Gasteiger partial charge in [-0.25, -0.2) is 0 Å². The number of piperidine rings is 1. The third-order valence-corrected chi connectivity index (χ3v) is 5.22. The molecule has 6 nitrogen and oxygen atoms in total. The van der Waals surface area contributed by atoms with Crippen LogP contribution < -0.4 is 0 Å². The third kappa shape index (κ3) is 4.52. The molecule has 1 saturated heterocycles. The first-order valence-electron chi connectivity index (χ1n) is 9.00. The summed E-state index contributed by atoms with van der Waals surface area (Å²) < 4.78 is 2.13. The lowest BCUT2D eigenvalue weighted by Crippen LogP contribution is -2.42. The lowest BCUT2D eigenvalue weighted by atomic mass is 9.99. The van der Waals surface area contributed by atoms with Crippen molar-refractivity contribution in [2.45, 2.75) is 51.2 Å². The highest BCUT2D eigenvalue weighted by Crippen LogP contribution is 2.38. The Balaban J connectivity index is 1.44. The SMILES string of the molecule is CC1CCN(CC(O)CN(C)Cc2nnc(C3CC3)n2C)CC1. The molecule has 1 unspecified atom stereocenters. The Bertz CT molecular complexity index is 505. The smallest absolute Gasteiger partial charge is 0.146 e. The van der Waals surface area contributed by atoms with Crippen molar-refractivity contribution in [3.63, 3.8) is 0 Å². The standard InChI is InChI=1S/C17H31N5O/c1-13-6-8-22(9-7-13)11-15(23)10-20(2)12-16-18-19-17(21(16)3)14-4-5-14/h13-15,23H,4-12H2,1-3H3. The van der Waals surface area contributed by atoms with Gasteiger partial charge in [-0.05, 0) is 51.7 Å². The Morgan fingerprint density at radius 3 is 2.57 bits per heavy atom. The molecule has 23 heavy (non-hydrogen) atoms. The fourth-order valence-electron chi connectivity index (χ4n) is 3.48. The average Bonchev–Trinajstić information content (AvgIpc) is 3.28. The molecule has 0 aromatic carbocycles. The highest BCUT2D eigenvalue weighted by atomic mass is 16.3. The van der Waals surface area contributed by atoms with Crippen LogP contribution in [0.15, 0.2) is 0 Å². The second kappa shape index (κ2) is 7.28. The molecule has 3 rings (SSSR count). The molecule has 1 aliphatic carbocycles. The van der Waals surface area contributed by atoms with Gasteiger partial charge in [-0.1, -0.05) is 6.92 Å². The van der Waals surface area contributed by atoms with Crippen LogP contribution in [0.25, 0.3) is 0 Å². The third-order valence-electron chi connectivity index (χ3n) is 5.22. The topological polar surface area (TPSA) is 57.4 Å². The number of β-amino-alcohol motifs (C(OH)–C–C–N with tert-alkyl or cyclic N) is 1. The number of likely N-dealkylation sites (tertiary alicyclic amines) is 1. The van der Waals surface area contributed by atoms with E-state index in [4.69, 9.17) is 0 Å². The lowest BCUT2D eigenvalue weighted by Gasteiger charge is -2.32. The van der Waals surface area contributed by atoms with Crippen molar-refractivity contribution >= 4 is 0 Å². The van der Waals surface area contributed by atoms with Crippen LogP contribution in [0, 0.1) is 5.92 Å². The molecule has 1 aromatic heterocycles. The minimum atomic E-state index is -0.301. The fraction of sp³-hybridized carbons (Fsp3) is 0.882. The summed E-state index contributed by atoms with van der Waals surface area (Å²) in [5.74, 6) is 3.58. The van der Waals surface area contributed by atoms with Crippen LogP contribution in [-0.4, -0.2) is 69.0 Å². The summed E-state index contributed by atoms with van der Waals surface area (Å²) in [4.78, 5) is 4.55. The molecule has 1 saturated carbocycles. The minimum absolute atomic E-state index is 0.301. The predicted molar refractivity (Wildman–Crippen MR) is 90.2 cm³/mol. The Labute approximate surface area is 139 Å². The number of aromatic nitrogens is 3. The molecular weight excluding hydrogens is 290 g/mol. The Morgan fingerprint density at radius 2 is 1.91 bits per heavy atom. The van der Waals surface area contributed by atoms with Crippen LogP contribution in [0.1, 0.15) is 50.2 Å². The van der Waals surface area contributed by atoms with Gasteiger partial charge in [0.1, 0.15) is 11.6 Å². The van der Waals surface area contributed by atoms with Gasteiger partial charge in [-0.15, -0.1) is 10.2 Å². The molecule has 0 amide bonds. The Kier molecular flexibility index (Phi) is 5.34. The molecule has 6 heteroatoms. The number of aliphatic hydroxyl groups excluding tert-OH is 1. The van der Waals surface area contributed by atoms with Crippen molar-refractivity contribution in [1.82, 2.24) is 24.6 Å².